The summed E-state index contributed by atoms with van der Waals surface area (Å²) in [6.07, 6.45) is -1.20. The minimum Gasteiger partial charge on any atom is -0.466 e. The van der Waals surface area contributed by atoms with Gasteiger partial charge in [-0.05, 0) is 19.8 Å². The highest BCUT2D eigenvalue weighted by molar-refractivity contribution is 7.99. The molecule has 6 atom stereocenters. The molecule has 296 valence electrons. The van der Waals surface area contributed by atoms with Crippen molar-refractivity contribution in [2.24, 2.45) is 17.8 Å². The van der Waals surface area contributed by atoms with Crippen molar-refractivity contribution in [3.8, 4) is 0 Å². The third-order valence-electron chi connectivity index (χ3n) is 6.84. The Kier molecular flexibility index (Phi) is 26.4. The largest absolute Gasteiger partial charge is 0.466 e. The van der Waals surface area contributed by atoms with E-state index in [-0.39, 0.29) is 63.4 Å². The highest BCUT2D eigenvalue weighted by Gasteiger charge is 2.33. The first-order chi connectivity index (χ1) is 24.7. The standard InChI is InChI=1S/C35H54O16S/c1-7-10-12-29(38)50-27(34(43)46-16-14-36)18-23(4)31(40)48-20-26(22-52-21-25(6)32(41)45-9-3)49-33(42)24(5)19-28(35(44)47-17-15-37)51-30(39)13-11-8-2/h7-8,23-28,36-37H,1-2,9-22H2,3-6H3. The van der Waals surface area contributed by atoms with Crippen molar-refractivity contribution in [1.29, 1.82) is 0 Å². The monoisotopic (exact) mass is 762 g/mol. The van der Waals surface area contributed by atoms with Gasteiger partial charge >= 0.3 is 41.8 Å². The first-order valence-corrected chi connectivity index (χ1v) is 18.2. The molecule has 0 radical (unpaired) electrons. The van der Waals surface area contributed by atoms with E-state index < -0.39 is 97.7 Å². The summed E-state index contributed by atoms with van der Waals surface area (Å²) in [5.41, 5.74) is 0. The van der Waals surface area contributed by atoms with Gasteiger partial charge in [0.25, 0.3) is 0 Å². The Morgan fingerprint density at radius 2 is 1.08 bits per heavy atom. The molecule has 0 spiro atoms. The second kappa shape index (κ2) is 28.6. The Balaban J connectivity index is 5.79. The van der Waals surface area contributed by atoms with E-state index in [4.69, 9.17) is 43.4 Å². The van der Waals surface area contributed by atoms with Crippen molar-refractivity contribution in [3.63, 3.8) is 0 Å². The number of carbonyl (C=O) groups is 7. The summed E-state index contributed by atoms with van der Waals surface area (Å²) in [5, 5.41) is 18.0. The number of esters is 7. The summed E-state index contributed by atoms with van der Waals surface area (Å²) in [7, 11) is 0. The normalized spacial score (nSPS) is 14.2. The number of ether oxygens (including phenoxy) is 7. The van der Waals surface area contributed by atoms with Crippen LogP contribution in [0.5, 0.6) is 0 Å². The van der Waals surface area contributed by atoms with Gasteiger partial charge in [-0.2, -0.15) is 11.8 Å². The summed E-state index contributed by atoms with van der Waals surface area (Å²) in [6.45, 7) is 11.4. The van der Waals surface area contributed by atoms with Gasteiger partial charge in [-0.25, -0.2) is 9.59 Å². The maximum Gasteiger partial charge on any atom is 0.347 e. The number of thioether (sulfide) groups is 1. The molecule has 0 aromatic heterocycles. The highest BCUT2D eigenvalue weighted by atomic mass is 32.2. The fraction of sp³-hybridized carbons (Fsp3) is 0.686. The number of hydrogen-bond acceptors (Lipinski definition) is 17. The number of carbonyl (C=O) groups excluding carboxylic acids is 7. The number of allylic oxidation sites excluding steroid dienone is 2. The Hall–Kier alpha value is -3.96. The first-order valence-electron chi connectivity index (χ1n) is 17.0. The van der Waals surface area contributed by atoms with E-state index >= 15 is 0 Å². The SMILES string of the molecule is C=CCCC(=O)OC(CC(C)C(=O)OCC(CSCC(C)C(=O)OCC)OC(=O)C(C)CC(OC(=O)CCC=C)C(=O)OCCO)C(=O)OCCO. The lowest BCUT2D eigenvalue weighted by molar-refractivity contribution is -0.173. The van der Waals surface area contributed by atoms with E-state index in [1.165, 1.54) is 37.8 Å². The van der Waals surface area contributed by atoms with Crippen LogP contribution in [-0.2, 0) is 66.7 Å². The van der Waals surface area contributed by atoms with Gasteiger partial charge in [0.2, 0.25) is 0 Å². The molecule has 0 saturated carbocycles. The zero-order valence-corrected chi connectivity index (χ0v) is 31.3. The minimum atomic E-state index is -1.48. The van der Waals surface area contributed by atoms with Crippen molar-refractivity contribution in [1.82, 2.24) is 0 Å². The van der Waals surface area contributed by atoms with Gasteiger partial charge in [-0.3, -0.25) is 24.0 Å². The number of hydrogen-bond donors (Lipinski definition) is 2. The van der Waals surface area contributed by atoms with Crippen LogP contribution in [-0.4, -0.2) is 121 Å². The lowest BCUT2D eigenvalue weighted by Crippen LogP contribution is -2.36. The van der Waals surface area contributed by atoms with Crippen LogP contribution in [0.2, 0.25) is 0 Å². The zero-order valence-electron chi connectivity index (χ0n) is 30.5. The van der Waals surface area contributed by atoms with E-state index in [0.29, 0.717) is 6.42 Å². The molecule has 0 aromatic rings. The Bertz CT molecular complexity index is 1160. The van der Waals surface area contributed by atoms with Gasteiger partial charge in [0.1, 0.15) is 25.9 Å². The smallest absolute Gasteiger partial charge is 0.347 e. The van der Waals surface area contributed by atoms with E-state index in [0.717, 1.165) is 0 Å². The van der Waals surface area contributed by atoms with Gasteiger partial charge < -0.3 is 43.4 Å². The molecule has 52 heavy (non-hydrogen) atoms. The van der Waals surface area contributed by atoms with Crippen molar-refractivity contribution in [2.75, 3.05) is 51.1 Å². The fourth-order valence-electron chi connectivity index (χ4n) is 4.02. The quantitative estimate of drug-likeness (QED) is 0.0633. The second-order valence-electron chi connectivity index (χ2n) is 11.5. The van der Waals surface area contributed by atoms with E-state index in [2.05, 4.69) is 13.2 Å². The predicted molar refractivity (Wildman–Crippen MR) is 186 cm³/mol. The third-order valence-corrected chi connectivity index (χ3v) is 8.19. The summed E-state index contributed by atoms with van der Waals surface area (Å²) in [6, 6.07) is 0. The molecule has 0 aliphatic rings. The van der Waals surface area contributed by atoms with E-state index in [1.54, 1.807) is 13.8 Å². The van der Waals surface area contributed by atoms with Crippen molar-refractivity contribution < 1.29 is 76.9 Å². The minimum absolute atomic E-state index is 0.0631. The number of aliphatic hydroxyl groups excluding tert-OH is 2. The summed E-state index contributed by atoms with van der Waals surface area (Å²) in [5.74, 6) is -7.63. The van der Waals surface area contributed by atoms with Crippen LogP contribution in [0.25, 0.3) is 0 Å². The molecule has 0 aromatic carbocycles. The molecular formula is C35H54O16S. The van der Waals surface area contributed by atoms with Gasteiger partial charge in [0.15, 0.2) is 12.2 Å². The van der Waals surface area contributed by atoms with E-state index in [9.17, 15) is 33.6 Å². The molecule has 0 amide bonds. The van der Waals surface area contributed by atoms with Gasteiger partial charge in [-0.15, -0.1) is 13.2 Å². The Labute approximate surface area is 308 Å². The van der Waals surface area contributed by atoms with Crippen LogP contribution in [0.15, 0.2) is 25.3 Å². The zero-order chi connectivity index (χ0) is 39.5. The molecule has 0 saturated heterocycles. The van der Waals surface area contributed by atoms with Crippen LogP contribution < -0.4 is 0 Å². The second-order valence-corrected chi connectivity index (χ2v) is 12.6. The van der Waals surface area contributed by atoms with Crippen molar-refractivity contribution in [2.45, 2.75) is 84.5 Å². The highest BCUT2D eigenvalue weighted by Crippen LogP contribution is 2.20. The number of rotatable bonds is 29. The molecule has 0 bridgehead atoms. The van der Waals surface area contributed by atoms with Gasteiger partial charge in [-0.1, -0.05) is 32.9 Å². The topological polar surface area (TPSA) is 225 Å². The maximum absolute atomic E-state index is 13.2. The lowest BCUT2D eigenvalue weighted by atomic mass is 10.0. The summed E-state index contributed by atoms with van der Waals surface area (Å²) in [4.78, 5) is 87.8. The molecular weight excluding hydrogens is 708 g/mol. The first kappa shape index (κ1) is 48.0. The van der Waals surface area contributed by atoms with E-state index in [1.807, 2.05) is 0 Å². The molecule has 0 aliphatic heterocycles. The Morgan fingerprint density at radius 1 is 0.615 bits per heavy atom. The molecule has 2 N–H and O–H groups in total. The van der Waals surface area contributed by atoms with Gasteiger partial charge in [0.05, 0.1) is 37.6 Å². The average Bonchev–Trinajstić information content (AvgIpc) is 3.12. The summed E-state index contributed by atoms with van der Waals surface area (Å²) < 4.78 is 36.4. The fourth-order valence-corrected chi connectivity index (χ4v) is 5.07. The van der Waals surface area contributed by atoms with Crippen molar-refractivity contribution >= 4 is 53.5 Å². The van der Waals surface area contributed by atoms with Crippen LogP contribution in [0.1, 0.15) is 66.2 Å². The third kappa shape index (κ3) is 21.4. The van der Waals surface area contributed by atoms with Crippen molar-refractivity contribution in [3.05, 3.63) is 25.3 Å². The van der Waals surface area contributed by atoms with Crippen LogP contribution in [0.4, 0.5) is 0 Å². The molecule has 0 heterocycles. The van der Waals surface area contributed by atoms with Gasteiger partial charge in [0, 0.05) is 37.2 Å². The molecule has 0 aliphatic carbocycles. The van der Waals surface area contributed by atoms with Crippen LogP contribution >= 0.6 is 11.8 Å². The predicted octanol–water partition coefficient (Wildman–Crippen LogP) is 2.25. The number of aliphatic hydroxyl groups is 2. The Morgan fingerprint density at radius 3 is 1.52 bits per heavy atom. The molecule has 0 fully saturated rings. The van der Waals surface area contributed by atoms with Crippen LogP contribution in [0, 0.1) is 17.8 Å². The molecule has 16 nitrogen and oxygen atoms in total. The molecule has 17 heteroatoms. The lowest BCUT2D eigenvalue weighted by Gasteiger charge is -2.24. The summed E-state index contributed by atoms with van der Waals surface area (Å²) >= 11 is 1.23. The average molecular weight is 763 g/mol. The van der Waals surface area contributed by atoms with Crippen LogP contribution in [0.3, 0.4) is 0 Å². The maximum atomic E-state index is 13.2. The molecule has 6 unspecified atom stereocenters. The molecule has 0 rings (SSSR count).